The maximum atomic E-state index is 12.0. The summed E-state index contributed by atoms with van der Waals surface area (Å²) >= 11 is 5.96. The summed E-state index contributed by atoms with van der Waals surface area (Å²) in [5, 5.41) is 6.20. The highest BCUT2D eigenvalue weighted by Gasteiger charge is 2.11. The Hall–Kier alpha value is -2.33. The summed E-state index contributed by atoms with van der Waals surface area (Å²) in [4.78, 5) is 12.0. The zero-order chi connectivity index (χ0) is 15.2. The quantitative estimate of drug-likeness (QED) is 0.376. The normalized spacial score (nSPS) is 10.6. The van der Waals surface area contributed by atoms with E-state index in [-0.39, 0.29) is 0 Å². The molecular weight excluding hydrogens is 288 g/mol. The van der Waals surface area contributed by atoms with Gasteiger partial charge in [0.2, 0.25) is 0 Å². The van der Waals surface area contributed by atoms with E-state index < -0.39 is 5.97 Å². The molecule has 21 heavy (non-hydrogen) atoms. The molecule has 4 nitrogen and oxygen atoms in total. The molecule has 0 N–H and O–H groups in total. The molecule has 0 saturated carbocycles. The highest BCUT2D eigenvalue weighted by atomic mass is 35.5. The minimum atomic E-state index is -0.477. The minimum absolute atomic E-state index is 0.345. The number of hydrogen-bond donors (Lipinski definition) is 0. The van der Waals surface area contributed by atoms with Crippen LogP contribution in [0.4, 0.5) is 0 Å². The van der Waals surface area contributed by atoms with Gasteiger partial charge in [0, 0.05) is 14.1 Å². The monoisotopic (exact) mass is 302 g/mol. The Morgan fingerprint density at radius 3 is 2.43 bits per heavy atom. The van der Waals surface area contributed by atoms with Gasteiger partial charge in [-0.3, -0.25) is 0 Å². The second-order valence-corrected chi connectivity index (χ2v) is 4.94. The molecule has 0 bridgehead atoms. The Morgan fingerprint density at radius 1 is 1.14 bits per heavy atom. The lowest BCUT2D eigenvalue weighted by atomic mass is 10.2. The van der Waals surface area contributed by atoms with Crippen molar-refractivity contribution < 1.29 is 9.53 Å². The van der Waals surface area contributed by atoms with Crippen molar-refractivity contribution in [2.75, 3.05) is 14.1 Å². The number of esters is 1. The Morgan fingerprint density at radius 2 is 1.81 bits per heavy atom. The van der Waals surface area contributed by atoms with Crippen molar-refractivity contribution in [3.8, 4) is 5.75 Å². The van der Waals surface area contributed by atoms with Crippen molar-refractivity contribution in [1.29, 1.82) is 0 Å². The molecule has 0 aliphatic heterocycles. The predicted molar refractivity (Wildman–Crippen MR) is 84.1 cm³/mol. The molecule has 0 spiro atoms. The molecule has 0 radical (unpaired) electrons. The Bertz CT molecular complexity index is 652. The molecule has 0 heterocycles. The van der Waals surface area contributed by atoms with Crippen molar-refractivity contribution in [2.45, 2.75) is 0 Å². The Balaban J connectivity index is 2.07. The first kappa shape index (κ1) is 15.1. The lowest BCUT2D eigenvalue weighted by Gasteiger charge is -2.06. The summed E-state index contributed by atoms with van der Waals surface area (Å²) in [5.41, 5.74) is 1.26. The molecular formula is C16H15ClN2O2. The average Bonchev–Trinajstić information content (AvgIpc) is 2.47. The van der Waals surface area contributed by atoms with Crippen molar-refractivity contribution in [1.82, 2.24) is 5.01 Å². The van der Waals surface area contributed by atoms with Crippen LogP contribution in [0.25, 0.3) is 0 Å². The number of benzene rings is 2. The Labute approximate surface area is 128 Å². The fraction of sp³-hybridized carbons (Fsp3) is 0.125. The number of hydrazone groups is 1. The zero-order valence-electron chi connectivity index (χ0n) is 11.8. The average molecular weight is 303 g/mol. The minimum Gasteiger partial charge on any atom is -0.423 e. The highest BCUT2D eigenvalue weighted by Crippen LogP contribution is 2.18. The molecule has 2 aromatic carbocycles. The van der Waals surface area contributed by atoms with Crippen LogP contribution in [0.5, 0.6) is 5.75 Å². The molecule has 0 aliphatic rings. The highest BCUT2D eigenvalue weighted by molar-refractivity contribution is 6.33. The lowest BCUT2D eigenvalue weighted by molar-refractivity contribution is 0.0735. The maximum Gasteiger partial charge on any atom is 0.345 e. The van der Waals surface area contributed by atoms with Crippen molar-refractivity contribution in [3.05, 3.63) is 64.7 Å². The third-order valence-corrected chi connectivity index (χ3v) is 2.95. The summed E-state index contributed by atoms with van der Waals surface area (Å²) in [5.74, 6) is -0.0165. The van der Waals surface area contributed by atoms with Crippen molar-refractivity contribution in [2.24, 2.45) is 5.10 Å². The fourth-order valence-corrected chi connectivity index (χ4v) is 1.81. The third-order valence-electron chi connectivity index (χ3n) is 2.62. The van der Waals surface area contributed by atoms with Crippen LogP contribution in [0.15, 0.2) is 53.6 Å². The summed E-state index contributed by atoms with van der Waals surface area (Å²) in [6.45, 7) is 0. The van der Waals surface area contributed by atoms with Gasteiger partial charge in [-0.2, -0.15) is 5.10 Å². The maximum absolute atomic E-state index is 12.0. The second kappa shape index (κ2) is 6.90. The predicted octanol–water partition coefficient (Wildman–Crippen LogP) is 3.45. The fourth-order valence-electron chi connectivity index (χ4n) is 1.59. The molecule has 0 amide bonds. The smallest absolute Gasteiger partial charge is 0.345 e. The molecule has 108 valence electrons. The SMILES string of the molecule is CN(C)/N=C/c1ccc(OC(=O)c2ccccc2Cl)cc1. The van der Waals surface area contributed by atoms with E-state index >= 15 is 0 Å². The van der Waals surface area contributed by atoms with E-state index in [0.29, 0.717) is 16.3 Å². The van der Waals surface area contributed by atoms with Crippen molar-refractivity contribution in [3.63, 3.8) is 0 Å². The van der Waals surface area contributed by atoms with Gasteiger partial charge in [0.05, 0.1) is 16.8 Å². The number of carbonyl (C=O) groups excluding carboxylic acids is 1. The van der Waals surface area contributed by atoms with Crippen LogP contribution in [0.2, 0.25) is 5.02 Å². The van der Waals surface area contributed by atoms with Gasteiger partial charge in [0.15, 0.2) is 0 Å². The summed E-state index contributed by atoms with van der Waals surface area (Å²) in [6.07, 6.45) is 1.72. The molecule has 2 aromatic rings. The molecule has 0 fully saturated rings. The lowest BCUT2D eigenvalue weighted by Crippen LogP contribution is -2.09. The van der Waals surface area contributed by atoms with Crippen LogP contribution in [0.1, 0.15) is 15.9 Å². The van der Waals surface area contributed by atoms with Crippen LogP contribution in [0.3, 0.4) is 0 Å². The van der Waals surface area contributed by atoms with Gasteiger partial charge in [-0.25, -0.2) is 4.79 Å². The van der Waals surface area contributed by atoms with Gasteiger partial charge in [0.1, 0.15) is 5.75 Å². The summed E-state index contributed by atoms with van der Waals surface area (Å²) in [6, 6.07) is 13.9. The second-order valence-electron chi connectivity index (χ2n) is 4.53. The van der Waals surface area contributed by atoms with Crippen LogP contribution >= 0.6 is 11.6 Å². The number of hydrogen-bond acceptors (Lipinski definition) is 4. The van der Waals surface area contributed by atoms with E-state index in [1.54, 1.807) is 47.6 Å². The number of halogens is 1. The molecule has 2 rings (SSSR count). The molecule has 0 saturated heterocycles. The molecule has 0 aromatic heterocycles. The number of ether oxygens (including phenoxy) is 1. The number of rotatable bonds is 4. The van der Waals surface area contributed by atoms with Gasteiger partial charge in [-0.05, 0) is 42.0 Å². The first-order chi connectivity index (χ1) is 10.1. The van der Waals surface area contributed by atoms with Crippen molar-refractivity contribution >= 4 is 23.8 Å². The van der Waals surface area contributed by atoms with Gasteiger partial charge < -0.3 is 9.75 Å². The van der Waals surface area contributed by atoms with E-state index in [1.165, 1.54) is 0 Å². The first-order valence-electron chi connectivity index (χ1n) is 6.34. The number of carbonyl (C=O) groups is 1. The van der Waals surface area contributed by atoms with Gasteiger partial charge in [-0.15, -0.1) is 0 Å². The Kier molecular flexibility index (Phi) is 4.95. The van der Waals surface area contributed by atoms with Crippen LogP contribution in [0, 0.1) is 0 Å². The largest absolute Gasteiger partial charge is 0.423 e. The topological polar surface area (TPSA) is 41.9 Å². The van der Waals surface area contributed by atoms with E-state index in [1.807, 2.05) is 26.2 Å². The van der Waals surface area contributed by atoms with Gasteiger partial charge >= 0.3 is 5.97 Å². The van der Waals surface area contributed by atoms with Crippen LogP contribution in [-0.4, -0.2) is 31.3 Å². The van der Waals surface area contributed by atoms with Crippen LogP contribution < -0.4 is 4.74 Å². The molecule has 5 heteroatoms. The van der Waals surface area contributed by atoms with Gasteiger partial charge in [-0.1, -0.05) is 23.7 Å². The number of nitrogens with zero attached hydrogens (tertiary/aromatic N) is 2. The van der Waals surface area contributed by atoms with E-state index in [9.17, 15) is 4.79 Å². The van der Waals surface area contributed by atoms with Gasteiger partial charge in [0.25, 0.3) is 0 Å². The van der Waals surface area contributed by atoms with E-state index in [4.69, 9.17) is 16.3 Å². The van der Waals surface area contributed by atoms with E-state index in [2.05, 4.69) is 5.10 Å². The standard InChI is InChI=1S/C16H15ClN2O2/c1-19(2)18-11-12-7-9-13(10-8-12)21-16(20)14-5-3-4-6-15(14)17/h3-11H,1-2H3/b18-11+. The first-order valence-corrected chi connectivity index (χ1v) is 6.72. The summed E-state index contributed by atoms with van der Waals surface area (Å²) in [7, 11) is 3.69. The van der Waals surface area contributed by atoms with E-state index in [0.717, 1.165) is 5.56 Å². The molecule has 0 aliphatic carbocycles. The molecule has 0 atom stereocenters. The third kappa shape index (κ3) is 4.33. The van der Waals surface area contributed by atoms with Crippen LogP contribution in [-0.2, 0) is 0 Å². The summed E-state index contributed by atoms with van der Waals surface area (Å²) < 4.78 is 5.28. The zero-order valence-corrected chi connectivity index (χ0v) is 12.5. The molecule has 0 unspecified atom stereocenters.